The van der Waals surface area contributed by atoms with Gasteiger partial charge in [-0.05, 0) is 48.0 Å². The van der Waals surface area contributed by atoms with Crippen molar-refractivity contribution < 1.29 is 13.9 Å². The minimum atomic E-state index is -0.652. The first-order chi connectivity index (χ1) is 15.5. The van der Waals surface area contributed by atoms with Crippen LogP contribution in [0.1, 0.15) is 5.56 Å². The predicted octanol–water partition coefficient (Wildman–Crippen LogP) is 2.39. The van der Waals surface area contributed by atoms with Crippen LogP contribution in [0.3, 0.4) is 0 Å². The molecule has 0 fully saturated rings. The first-order valence-corrected chi connectivity index (χ1v) is 9.73. The molecule has 2 aromatic heterocycles. The molecule has 8 nitrogen and oxygen atoms in total. The van der Waals surface area contributed by atoms with Gasteiger partial charge in [0.1, 0.15) is 18.1 Å². The molecule has 0 aliphatic heterocycles. The SMILES string of the molecule is COc1ccc(Cn2c(=O)c3ncccc3n(CC(=O)Nc3cccc(F)c3)c2=O)cc1. The Morgan fingerprint density at radius 2 is 1.84 bits per heavy atom. The fourth-order valence-electron chi connectivity index (χ4n) is 3.36. The van der Waals surface area contributed by atoms with Gasteiger partial charge in [0.15, 0.2) is 5.52 Å². The van der Waals surface area contributed by atoms with Crippen LogP contribution in [0.4, 0.5) is 10.1 Å². The van der Waals surface area contributed by atoms with Crippen molar-refractivity contribution in [2.45, 2.75) is 13.1 Å². The molecule has 1 amide bonds. The van der Waals surface area contributed by atoms with Crippen LogP contribution in [0.2, 0.25) is 0 Å². The Balaban J connectivity index is 1.73. The molecule has 162 valence electrons. The van der Waals surface area contributed by atoms with E-state index in [0.29, 0.717) is 11.3 Å². The molecule has 2 heterocycles. The number of rotatable bonds is 6. The Hall–Kier alpha value is -4.27. The summed E-state index contributed by atoms with van der Waals surface area (Å²) in [5.41, 5.74) is 0.0686. The van der Waals surface area contributed by atoms with E-state index in [1.54, 1.807) is 43.5 Å². The number of anilines is 1. The van der Waals surface area contributed by atoms with Crippen LogP contribution in [0, 0.1) is 5.82 Å². The third-order valence-electron chi connectivity index (χ3n) is 4.90. The van der Waals surface area contributed by atoms with Crippen LogP contribution in [-0.4, -0.2) is 27.1 Å². The van der Waals surface area contributed by atoms with Gasteiger partial charge in [-0.15, -0.1) is 0 Å². The third kappa shape index (κ3) is 4.27. The molecule has 0 unspecified atom stereocenters. The number of benzene rings is 2. The number of nitrogens with one attached hydrogen (secondary N) is 1. The van der Waals surface area contributed by atoms with Gasteiger partial charge in [-0.3, -0.25) is 18.7 Å². The molecule has 0 saturated heterocycles. The number of carbonyl (C=O) groups is 1. The minimum Gasteiger partial charge on any atom is -0.497 e. The van der Waals surface area contributed by atoms with Crippen molar-refractivity contribution in [2.75, 3.05) is 12.4 Å². The van der Waals surface area contributed by atoms with Crippen LogP contribution in [0.15, 0.2) is 76.4 Å². The molecule has 0 bridgehead atoms. The number of carbonyl (C=O) groups excluding carboxylic acids is 1. The molecular weight excluding hydrogens is 415 g/mol. The highest BCUT2D eigenvalue weighted by atomic mass is 19.1. The molecule has 32 heavy (non-hydrogen) atoms. The van der Waals surface area contributed by atoms with Crippen molar-refractivity contribution in [1.82, 2.24) is 14.1 Å². The fraction of sp³-hybridized carbons (Fsp3) is 0.130. The van der Waals surface area contributed by atoms with Crippen molar-refractivity contribution >= 4 is 22.6 Å². The third-order valence-corrected chi connectivity index (χ3v) is 4.90. The van der Waals surface area contributed by atoms with E-state index >= 15 is 0 Å². The Morgan fingerprint density at radius 3 is 2.56 bits per heavy atom. The summed E-state index contributed by atoms with van der Waals surface area (Å²) in [5.74, 6) is -0.395. The van der Waals surface area contributed by atoms with E-state index < -0.39 is 23.0 Å². The summed E-state index contributed by atoms with van der Waals surface area (Å²) in [7, 11) is 1.54. The lowest BCUT2D eigenvalue weighted by Gasteiger charge is -2.14. The number of aromatic nitrogens is 3. The molecule has 0 spiro atoms. The lowest BCUT2D eigenvalue weighted by molar-refractivity contribution is -0.116. The van der Waals surface area contributed by atoms with Gasteiger partial charge in [0.2, 0.25) is 5.91 Å². The van der Waals surface area contributed by atoms with Gasteiger partial charge in [0.05, 0.1) is 19.2 Å². The lowest BCUT2D eigenvalue weighted by atomic mass is 10.2. The molecule has 0 radical (unpaired) electrons. The topological polar surface area (TPSA) is 95.2 Å². The molecule has 4 rings (SSSR count). The Labute approximate surface area is 181 Å². The molecule has 0 aliphatic carbocycles. The van der Waals surface area contributed by atoms with E-state index in [-0.39, 0.29) is 29.8 Å². The highest BCUT2D eigenvalue weighted by molar-refractivity contribution is 5.91. The summed E-state index contributed by atoms with van der Waals surface area (Å²) in [6, 6.07) is 15.5. The van der Waals surface area contributed by atoms with Crippen LogP contribution < -0.4 is 21.3 Å². The van der Waals surface area contributed by atoms with E-state index in [2.05, 4.69) is 10.3 Å². The zero-order valence-electron chi connectivity index (χ0n) is 17.1. The summed E-state index contributed by atoms with van der Waals surface area (Å²) in [4.78, 5) is 42.9. The molecule has 1 N–H and O–H groups in total. The maximum absolute atomic E-state index is 13.4. The average molecular weight is 434 g/mol. The zero-order valence-corrected chi connectivity index (χ0v) is 17.1. The predicted molar refractivity (Wildman–Crippen MR) is 117 cm³/mol. The van der Waals surface area contributed by atoms with Gasteiger partial charge in [-0.25, -0.2) is 14.2 Å². The molecule has 2 aromatic carbocycles. The van der Waals surface area contributed by atoms with Crippen molar-refractivity contribution in [2.24, 2.45) is 0 Å². The Bertz CT molecular complexity index is 1410. The smallest absolute Gasteiger partial charge is 0.332 e. The number of pyridine rings is 1. The number of nitrogens with zero attached hydrogens (tertiary/aromatic N) is 3. The lowest BCUT2D eigenvalue weighted by Crippen LogP contribution is -2.42. The van der Waals surface area contributed by atoms with Crippen LogP contribution in [0.25, 0.3) is 11.0 Å². The second kappa shape index (κ2) is 8.84. The minimum absolute atomic E-state index is 0.000307. The van der Waals surface area contributed by atoms with Crippen molar-refractivity contribution in [3.8, 4) is 5.75 Å². The highest BCUT2D eigenvalue weighted by Crippen LogP contribution is 2.13. The van der Waals surface area contributed by atoms with Gasteiger partial charge in [0, 0.05) is 11.9 Å². The maximum Gasteiger partial charge on any atom is 0.332 e. The summed E-state index contributed by atoms with van der Waals surface area (Å²) < 4.78 is 20.8. The summed E-state index contributed by atoms with van der Waals surface area (Å²) in [6.45, 7) is -0.375. The van der Waals surface area contributed by atoms with E-state index in [1.807, 2.05) is 0 Å². The first kappa shape index (κ1) is 21.0. The standard InChI is InChI=1S/C23H19FN4O4/c1-32-18-9-7-15(8-10-18)13-28-22(30)21-19(6-3-11-25-21)27(23(28)31)14-20(29)26-17-5-2-4-16(24)12-17/h2-12H,13-14H2,1H3,(H,26,29). The second-order valence-electron chi connectivity index (χ2n) is 7.04. The van der Waals surface area contributed by atoms with Gasteiger partial charge in [-0.2, -0.15) is 0 Å². The van der Waals surface area contributed by atoms with Crippen molar-refractivity contribution in [3.63, 3.8) is 0 Å². The summed E-state index contributed by atoms with van der Waals surface area (Å²) >= 11 is 0. The number of methoxy groups -OCH3 is 1. The molecule has 4 aromatic rings. The monoisotopic (exact) mass is 434 g/mol. The largest absolute Gasteiger partial charge is 0.497 e. The molecule has 9 heteroatoms. The second-order valence-corrected chi connectivity index (χ2v) is 7.04. The van der Waals surface area contributed by atoms with Gasteiger partial charge < -0.3 is 10.1 Å². The number of amides is 1. The fourth-order valence-corrected chi connectivity index (χ4v) is 3.36. The number of hydrogen-bond donors (Lipinski definition) is 1. The number of fused-ring (bicyclic) bond motifs is 1. The first-order valence-electron chi connectivity index (χ1n) is 9.73. The van der Waals surface area contributed by atoms with Gasteiger partial charge in [-0.1, -0.05) is 18.2 Å². The molecule has 0 atom stereocenters. The van der Waals surface area contributed by atoms with Gasteiger partial charge in [0.25, 0.3) is 5.56 Å². The number of ether oxygens (including phenoxy) is 1. The van der Waals surface area contributed by atoms with Crippen LogP contribution >= 0.6 is 0 Å². The van der Waals surface area contributed by atoms with Gasteiger partial charge >= 0.3 is 5.69 Å². The highest BCUT2D eigenvalue weighted by Gasteiger charge is 2.16. The number of halogens is 1. The quantitative estimate of drug-likeness (QED) is 0.503. The molecule has 0 aliphatic rings. The van der Waals surface area contributed by atoms with Crippen LogP contribution in [-0.2, 0) is 17.9 Å². The Kier molecular flexibility index (Phi) is 5.80. The van der Waals surface area contributed by atoms with E-state index in [0.717, 1.165) is 4.57 Å². The summed E-state index contributed by atoms with van der Waals surface area (Å²) in [6.07, 6.45) is 1.45. The van der Waals surface area contributed by atoms with Crippen molar-refractivity contribution in [3.05, 3.63) is 99.1 Å². The zero-order chi connectivity index (χ0) is 22.7. The number of hydrogen-bond acceptors (Lipinski definition) is 5. The summed E-state index contributed by atoms with van der Waals surface area (Å²) in [5, 5.41) is 2.56. The average Bonchev–Trinajstić information content (AvgIpc) is 2.80. The normalized spacial score (nSPS) is 10.8. The molecular formula is C23H19FN4O4. The van der Waals surface area contributed by atoms with Crippen molar-refractivity contribution in [1.29, 1.82) is 0 Å². The van der Waals surface area contributed by atoms with Crippen LogP contribution in [0.5, 0.6) is 5.75 Å². The van der Waals surface area contributed by atoms with E-state index in [4.69, 9.17) is 4.74 Å². The Morgan fingerprint density at radius 1 is 1.06 bits per heavy atom. The van der Waals surface area contributed by atoms with E-state index in [9.17, 15) is 18.8 Å². The maximum atomic E-state index is 13.4. The molecule has 0 saturated carbocycles. The van der Waals surface area contributed by atoms with E-state index in [1.165, 1.54) is 35.0 Å².